The second-order valence-corrected chi connectivity index (χ2v) is 3.81. The molecular formula is C10H15ClN2O2. The van der Waals surface area contributed by atoms with E-state index < -0.39 is 5.54 Å². The predicted octanol–water partition coefficient (Wildman–Crippen LogP) is 1.28. The van der Waals surface area contributed by atoms with E-state index in [2.05, 4.69) is 10.3 Å². The predicted molar refractivity (Wildman–Crippen MR) is 60.1 cm³/mol. The van der Waals surface area contributed by atoms with E-state index in [0.717, 1.165) is 0 Å². The maximum Gasteiger partial charge on any atom is 0.131 e. The number of pyridine rings is 1. The van der Waals surface area contributed by atoms with Crippen LogP contribution in [0.25, 0.3) is 0 Å². The lowest BCUT2D eigenvalue weighted by atomic mass is 9.98. The second-order valence-electron chi connectivity index (χ2n) is 3.42. The van der Waals surface area contributed by atoms with Crippen LogP contribution in [0.4, 0.5) is 5.82 Å². The van der Waals surface area contributed by atoms with Crippen molar-refractivity contribution in [3.63, 3.8) is 0 Å². The van der Waals surface area contributed by atoms with E-state index in [1.807, 2.05) is 6.92 Å². The first-order valence-corrected chi connectivity index (χ1v) is 5.16. The quantitative estimate of drug-likeness (QED) is 0.667. The van der Waals surface area contributed by atoms with Gasteiger partial charge in [-0.3, -0.25) is 0 Å². The molecule has 1 aromatic rings. The van der Waals surface area contributed by atoms with Crippen molar-refractivity contribution in [1.82, 2.24) is 4.98 Å². The molecule has 0 saturated carbocycles. The van der Waals surface area contributed by atoms with E-state index in [9.17, 15) is 10.2 Å². The van der Waals surface area contributed by atoms with Gasteiger partial charge in [0.05, 0.1) is 18.8 Å². The zero-order valence-electron chi connectivity index (χ0n) is 8.57. The van der Waals surface area contributed by atoms with Crippen molar-refractivity contribution in [3.8, 4) is 0 Å². The Morgan fingerprint density at radius 3 is 2.53 bits per heavy atom. The van der Waals surface area contributed by atoms with Crippen molar-refractivity contribution in [2.75, 3.05) is 18.5 Å². The van der Waals surface area contributed by atoms with Crippen LogP contribution in [-0.2, 0) is 0 Å². The van der Waals surface area contributed by atoms with Crippen molar-refractivity contribution in [2.24, 2.45) is 0 Å². The van der Waals surface area contributed by atoms with Gasteiger partial charge < -0.3 is 15.5 Å². The van der Waals surface area contributed by atoms with Crippen molar-refractivity contribution < 1.29 is 10.2 Å². The minimum absolute atomic E-state index is 0.159. The van der Waals surface area contributed by atoms with Gasteiger partial charge in [-0.05, 0) is 18.6 Å². The number of hydrogen-bond acceptors (Lipinski definition) is 4. The molecular weight excluding hydrogens is 216 g/mol. The molecule has 0 aliphatic carbocycles. The van der Waals surface area contributed by atoms with Crippen molar-refractivity contribution in [1.29, 1.82) is 0 Å². The lowest BCUT2D eigenvalue weighted by Crippen LogP contribution is -2.45. The number of anilines is 1. The third kappa shape index (κ3) is 3.06. The Morgan fingerprint density at radius 2 is 2.07 bits per heavy atom. The largest absolute Gasteiger partial charge is 0.394 e. The highest BCUT2D eigenvalue weighted by Gasteiger charge is 2.26. The normalized spacial score (nSPS) is 11.5. The Hall–Kier alpha value is -0.840. The summed E-state index contributed by atoms with van der Waals surface area (Å²) in [5.41, 5.74) is -0.738. The monoisotopic (exact) mass is 230 g/mol. The molecule has 0 spiro atoms. The van der Waals surface area contributed by atoms with E-state index in [-0.39, 0.29) is 13.2 Å². The van der Waals surface area contributed by atoms with Gasteiger partial charge in [0.2, 0.25) is 0 Å². The molecule has 0 saturated heterocycles. The topological polar surface area (TPSA) is 65.4 Å². The zero-order chi connectivity index (χ0) is 11.3. The molecule has 15 heavy (non-hydrogen) atoms. The number of aliphatic hydroxyl groups is 2. The first kappa shape index (κ1) is 12.2. The lowest BCUT2D eigenvalue weighted by molar-refractivity contribution is 0.132. The molecule has 0 fully saturated rings. The van der Waals surface area contributed by atoms with Gasteiger partial charge in [-0.25, -0.2) is 4.98 Å². The third-order valence-electron chi connectivity index (χ3n) is 2.39. The van der Waals surface area contributed by atoms with Crippen LogP contribution in [0.2, 0.25) is 5.15 Å². The zero-order valence-corrected chi connectivity index (χ0v) is 9.33. The summed E-state index contributed by atoms with van der Waals surface area (Å²) in [6, 6.07) is 5.16. The highest BCUT2D eigenvalue weighted by molar-refractivity contribution is 6.29. The summed E-state index contributed by atoms with van der Waals surface area (Å²) < 4.78 is 0. The van der Waals surface area contributed by atoms with Gasteiger partial charge in [0.1, 0.15) is 11.0 Å². The molecule has 1 aromatic heterocycles. The van der Waals surface area contributed by atoms with E-state index >= 15 is 0 Å². The molecule has 0 aromatic carbocycles. The lowest BCUT2D eigenvalue weighted by Gasteiger charge is -2.30. The molecule has 3 N–H and O–H groups in total. The molecule has 0 aliphatic heterocycles. The molecule has 0 unspecified atom stereocenters. The summed E-state index contributed by atoms with van der Waals surface area (Å²) in [4.78, 5) is 4.03. The van der Waals surface area contributed by atoms with E-state index in [0.29, 0.717) is 17.4 Å². The van der Waals surface area contributed by atoms with Gasteiger partial charge in [0, 0.05) is 0 Å². The maximum absolute atomic E-state index is 9.22. The van der Waals surface area contributed by atoms with Crippen LogP contribution in [0.1, 0.15) is 13.3 Å². The van der Waals surface area contributed by atoms with Crippen LogP contribution in [0.5, 0.6) is 0 Å². The van der Waals surface area contributed by atoms with Gasteiger partial charge >= 0.3 is 0 Å². The number of nitrogens with zero attached hydrogens (tertiary/aromatic N) is 1. The van der Waals surface area contributed by atoms with Gasteiger partial charge in [0.25, 0.3) is 0 Å². The van der Waals surface area contributed by atoms with Crippen molar-refractivity contribution in [3.05, 3.63) is 23.4 Å². The van der Waals surface area contributed by atoms with E-state index in [4.69, 9.17) is 11.6 Å². The highest BCUT2D eigenvalue weighted by atomic mass is 35.5. The first-order chi connectivity index (χ1) is 7.15. The minimum Gasteiger partial charge on any atom is -0.394 e. The van der Waals surface area contributed by atoms with Crippen molar-refractivity contribution in [2.45, 2.75) is 18.9 Å². The standard InChI is InChI=1S/C10H15ClN2O2/c1-2-10(6-14,7-15)13-9-5-3-4-8(11)12-9/h3-5,14-15H,2,6-7H2,1H3,(H,12,13). The van der Waals surface area contributed by atoms with Gasteiger partial charge in [0.15, 0.2) is 0 Å². The Bertz CT molecular complexity index is 308. The first-order valence-electron chi connectivity index (χ1n) is 4.78. The molecule has 1 heterocycles. The van der Waals surface area contributed by atoms with Gasteiger partial charge in [-0.15, -0.1) is 0 Å². The van der Waals surface area contributed by atoms with Crippen LogP contribution in [0, 0.1) is 0 Å². The van der Waals surface area contributed by atoms with Crippen molar-refractivity contribution >= 4 is 17.4 Å². The number of aromatic nitrogens is 1. The number of nitrogens with one attached hydrogen (secondary N) is 1. The Balaban J connectivity index is 2.82. The number of hydrogen-bond donors (Lipinski definition) is 3. The van der Waals surface area contributed by atoms with Crippen LogP contribution in [0.3, 0.4) is 0 Å². The third-order valence-corrected chi connectivity index (χ3v) is 2.60. The Labute approximate surface area is 93.9 Å². The van der Waals surface area contributed by atoms with E-state index in [1.54, 1.807) is 18.2 Å². The number of rotatable bonds is 5. The summed E-state index contributed by atoms with van der Waals surface area (Å²) in [5, 5.41) is 21.8. The molecule has 84 valence electrons. The van der Waals surface area contributed by atoms with Crippen LogP contribution in [0.15, 0.2) is 18.2 Å². The molecule has 5 heteroatoms. The summed E-state index contributed by atoms with van der Waals surface area (Å²) >= 11 is 5.73. The maximum atomic E-state index is 9.22. The summed E-state index contributed by atoms with van der Waals surface area (Å²) in [6.45, 7) is 1.56. The molecule has 0 amide bonds. The molecule has 0 aliphatic rings. The van der Waals surface area contributed by atoms with Gasteiger partial charge in [-0.1, -0.05) is 24.6 Å². The fourth-order valence-corrected chi connectivity index (χ4v) is 1.35. The summed E-state index contributed by atoms with van der Waals surface area (Å²) in [5.74, 6) is 0.549. The fraction of sp³-hybridized carbons (Fsp3) is 0.500. The molecule has 1 rings (SSSR count). The smallest absolute Gasteiger partial charge is 0.131 e. The van der Waals surface area contributed by atoms with Crippen LogP contribution < -0.4 is 5.32 Å². The number of halogens is 1. The Morgan fingerprint density at radius 1 is 1.40 bits per heavy atom. The molecule has 0 atom stereocenters. The Kier molecular flexibility index (Phi) is 4.32. The summed E-state index contributed by atoms with van der Waals surface area (Å²) in [6.07, 6.45) is 0.591. The molecule has 0 radical (unpaired) electrons. The molecule has 0 bridgehead atoms. The average molecular weight is 231 g/mol. The van der Waals surface area contributed by atoms with E-state index in [1.165, 1.54) is 0 Å². The minimum atomic E-state index is -0.738. The van der Waals surface area contributed by atoms with Crippen LogP contribution in [-0.4, -0.2) is 33.9 Å². The summed E-state index contributed by atoms with van der Waals surface area (Å²) in [7, 11) is 0. The highest BCUT2D eigenvalue weighted by Crippen LogP contribution is 2.17. The average Bonchev–Trinajstić information content (AvgIpc) is 2.26. The fourth-order valence-electron chi connectivity index (χ4n) is 1.19. The molecule has 4 nitrogen and oxygen atoms in total. The number of aliphatic hydroxyl groups excluding tert-OH is 2. The van der Waals surface area contributed by atoms with Gasteiger partial charge in [-0.2, -0.15) is 0 Å². The SMILES string of the molecule is CCC(CO)(CO)Nc1cccc(Cl)n1. The van der Waals surface area contributed by atoms with Crippen LogP contribution >= 0.6 is 11.6 Å². The second kappa shape index (κ2) is 5.30.